The van der Waals surface area contributed by atoms with Gasteiger partial charge in [0, 0.05) is 24.6 Å². The number of aromatic nitrogens is 3. The largest absolute Gasteiger partial charge is 0.376 e. The van der Waals surface area contributed by atoms with Gasteiger partial charge in [-0.2, -0.15) is 0 Å². The summed E-state index contributed by atoms with van der Waals surface area (Å²) in [6.07, 6.45) is 1.83. The fraction of sp³-hybridized carbons (Fsp3) is 0.333. The number of nitrogens with zero attached hydrogens (tertiary/aromatic N) is 4. The van der Waals surface area contributed by atoms with Gasteiger partial charge in [-0.15, -0.1) is 16.4 Å². The molecule has 2 aromatic heterocycles. The first-order chi connectivity index (χ1) is 18.0. The van der Waals surface area contributed by atoms with E-state index in [2.05, 4.69) is 15.6 Å². The van der Waals surface area contributed by atoms with Crippen LogP contribution < -0.4 is 5.32 Å². The lowest BCUT2D eigenvalue weighted by Gasteiger charge is -2.31. The predicted octanol–water partition coefficient (Wildman–Crippen LogP) is 4.01. The van der Waals surface area contributed by atoms with Gasteiger partial charge in [-0.05, 0) is 66.6 Å². The number of rotatable bonds is 9. The summed E-state index contributed by atoms with van der Waals surface area (Å²) in [6, 6.07) is 14.4. The summed E-state index contributed by atoms with van der Waals surface area (Å²) < 4.78 is 20.8. The van der Waals surface area contributed by atoms with E-state index >= 15 is 0 Å². The van der Waals surface area contributed by atoms with Crippen molar-refractivity contribution < 1.29 is 18.7 Å². The molecule has 192 valence electrons. The Hall–Kier alpha value is -3.63. The molecular formula is C27H28FN5O3S. The van der Waals surface area contributed by atoms with Crippen molar-refractivity contribution in [1.29, 1.82) is 0 Å². The van der Waals surface area contributed by atoms with Crippen LogP contribution in [0.5, 0.6) is 0 Å². The third-order valence-corrected chi connectivity index (χ3v) is 7.60. The number of carbonyl (C=O) groups excluding carboxylic acids is 2. The van der Waals surface area contributed by atoms with Crippen LogP contribution in [-0.2, 0) is 27.4 Å². The molecule has 1 N–H and O–H groups in total. The molecule has 0 bridgehead atoms. The van der Waals surface area contributed by atoms with Crippen molar-refractivity contribution >= 4 is 34.2 Å². The maximum absolute atomic E-state index is 13.9. The van der Waals surface area contributed by atoms with E-state index in [1.807, 2.05) is 42.6 Å². The lowest BCUT2D eigenvalue weighted by Crippen LogP contribution is -2.46. The van der Waals surface area contributed by atoms with Gasteiger partial charge in [-0.3, -0.25) is 9.59 Å². The highest BCUT2D eigenvalue weighted by molar-refractivity contribution is 7.10. The van der Waals surface area contributed by atoms with Crippen molar-refractivity contribution in [3.8, 4) is 0 Å². The van der Waals surface area contributed by atoms with E-state index in [-0.39, 0.29) is 36.8 Å². The van der Waals surface area contributed by atoms with Crippen molar-refractivity contribution in [3.05, 3.63) is 81.8 Å². The van der Waals surface area contributed by atoms with E-state index in [1.165, 1.54) is 28.2 Å². The molecule has 1 saturated heterocycles. The molecule has 2 aromatic carbocycles. The number of hydrogen-bond acceptors (Lipinski definition) is 6. The van der Waals surface area contributed by atoms with E-state index < -0.39 is 6.04 Å². The highest BCUT2D eigenvalue weighted by Gasteiger charge is 2.34. The van der Waals surface area contributed by atoms with Gasteiger partial charge in [0.25, 0.3) is 0 Å². The van der Waals surface area contributed by atoms with E-state index in [0.29, 0.717) is 24.2 Å². The van der Waals surface area contributed by atoms with Crippen molar-refractivity contribution in [2.24, 2.45) is 0 Å². The summed E-state index contributed by atoms with van der Waals surface area (Å²) in [4.78, 5) is 29.9. The number of thiophene rings is 1. The number of nitrogens with one attached hydrogen (secondary N) is 1. The Balaban J connectivity index is 1.48. The number of amides is 2. The second-order valence-corrected chi connectivity index (χ2v) is 10.1. The molecule has 0 spiro atoms. The van der Waals surface area contributed by atoms with E-state index in [4.69, 9.17) is 4.74 Å². The molecule has 2 amide bonds. The van der Waals surface area contributed by atoms with Crippen LogP contribution in [0.3, 0.4) is 0 Å². The van der Waals surface area contributed by atoms with Gasteiger partial charge < -0.3 is 15.0 Å². The smallest absolute Gasteiger partial charge is 0.248 e. The molecule has 1 fully saturated rings. The van der Waals surface area contributed by atoms with Gasteiger partial charge >= 0.3 is 0 Å². The van der Waals surface area contributed by atoms with E-state index in [9.17, 15) is 14.0 Å². The molecule has 0 unspecified atom stereocenters. The number of fused-ring (bicyclic) bond motifs is 1. The average Bonchev–Trinajstić information content (AvgIpc) is 3.66. The summed E-state index contributed by atoms with van der Waals surface area (Å²) >= 11 is 1.43. The zero-order chi connectivity index (χ0) is 25.8. The molecule has 1 aliphatic heterocycles. The van der Waals surface area contributed by atoms with Crippen LogP contribution in [0.15, 0.2) is 60.0 Å². The van der Waals surface area contributed by atoms with E-state index in [1.54, 1.807) is 17.0 Å². The molecule has 0 saturated carbocycles. The Labute approximate surface area is 218 Å². The minimum Gasteiger partial charge on any atom is -0.376 e. The van der Waals surface area contributed by atoms with Crippen LogP contribution in [0.1, 0.15) is 34.9 Å². The first kappa shape index (κ1) is 25.0. The molecule has 2 atom stereocenters. The fourth-order valence-corrected chi connectivity index (χ4v) is 5.58. The Bertz CT molecular complexity index is 1380. The third-order valence-electron chi connectivity index (χ3n) is 6.53. The summed E-state index contributed by atoms with van der Waals surface area (Å²) in [5.41, 5.74) is 3.04. The second-order valence-electron chi connectivity index (χ2n) is 9.13. The van der Waals surface area contributed by atoms with Crippen molar-refractivity contribution in [3.63, 3.8) is 0 Å². The standard InChI is InChI=1S/C27H28FN5O3S/c1-18-12-14-37-26(18)25(27(35)29-15-21-5-4-13-36-21)32(16-19-8-10-20(28)11-9-19)24(34)17-33-23-7-3-2-6-22(23)30-31-33/h2-3,6-12,14,21,25H,4-5,13,15-17H2,1H3,(H,29,35)/t21-,25-/m1/s1. The Morgan fingerprint density at radius 1 is 1.22 bits per heavy atom. The fourth-order valence-electron chi connectivity index (χ4n) is 4.55. The number of hydrogen-bond donors (Lipinski definition) is 1. The summed E-state index contributed by atoms with van der Waals surface area (Å²) in [6.45, 7) is 3.03. The van der Waals surface area contributed by atoms with Gasteiger partial charge in [-0.25, -0.2) is 9.07 Å². The first-order valence-corrected chi connectivity index (χ1v) is 13.1. The number of benzene rings is 2. The average molecular weight is 522 g/mol. The molecule has 0 radical (unpaired) electrons. The Morgan fingerprint density at radius 3 is 2.76 bits per heavy atom. The molecule has 10 heteroatoms. The molecule has 1 aliphatic rings. The van der Waals surface area contributed by atoms with Gasteiger partial charge in [0.15, 0.2) is 0 Å². The minimum atomic E-state index is -0.867. The van der Waals surface area contributed by atoms with Crippen LogP contribution in [0.4, 0.5) is 4.39 Å². The molecular weight excluding hydrogens is 493 g/mol. The predicted molar refractivity (Wildman–Crippen MR) is 138 cm³/mol. The normalized spacial score (nSPS) is 16.1. The Morgan fingerprint density at radius 2 is 2.03 bits per heavy atom. The number of para-hydroxylation sites is 1. The molecule has 37 heavy (non-hydrogen) atoms. The van der Waals surface area contributed by atoms with Crippen molar-refractivity contribution in [2.45, 2.75) is 45.0 Å². The number of carbonyl (C=O) groups is 2. The van der Waals surface area contributed by atoms with Crippen LogP contribution >= 0.6 is 11.3 Å². The molecule has 0 aliphatic carbocycles. The van der Waals surface area contributed by atoms with Gasteiger partial charge in [0.1, 0.15) is 23.9 Å². The van der Waals surface area contributed by atoms with Gasteiger partial charge in [0.05, 0.1) is 11.6 Å². The highest BCUT2D eigenvalue weighted by atomic mass is 32.1. The number of halogens is 1. The Kier molecular flexibility index (Phi) is 7.57. The SMILES string of the molecule is Cc1ccsc1[C@H](C(=O)NC[C@H]1CCCO1)N(Cc1ccc(F)cc1)C(=O)Cn1nnc2ccccc21. The zero-order valence-electron chi connectivity index (χ0n) is 20.5. The number of ether oxygens (including phenoxy) is 1. The summed E-state index contributed by atoms with van der Waals surface area (Å²) in [5.74, 6) is -0.944. The van der Waals surface area contributed by atoms with Crippen LogP contribution in [0.25, 0.3) is 11.0 Å². The molecule has 3 heterocycles. The lowest BCUT2D eigenvalue weighted by atomic mass is 10.1. The van der Waals surface area contributed by atoms with E-state index in [0.717, 1.165) is 28.8 Å². The second kappa shape index (κ2) is 11.2. The monoisotopic (exact) mass is 521 g/mol. The van der Waals surface area contributed by atoms with Crippen LogP contribution in [0.2, 0.25) is 0 Å². The van der Waals surface area contributed by atoms with Crippen LogP contribution in [-0.4, -0.2) is 51.0 Å². The van der Waals surface area contributed by atoms with Crippen LogP contribution in [0, 0.1) is 12.7 Å². The topological polar surface area (TPSA) is 89.4 Å². The van der Waals surface area contributed by atoms with Gasteiger partial charge in [-0.1, -0.05) is 29.5 Å². The van der Waals surface area contributed by atoms with Gasteiger partial charge in [0.2, 0.25) is 11.8 Å². The maximum Gasteiger partial charge on any atom is 0.248 e. The lowest BCUT2D eigenvalue weighted by molar-refractivity contribution is -0.142. The first-order valence-electron chi connectivity index (χ1n) is 12.2. The molecule has 4 aromatic rings. The zero-order valence-corrected chi connectivity index (χ0v) is 21.3. The quantitative estimate of drug-likeness (QED) is 0.360. The van der Waals surface area contributed by atoms with Crippen molar-refractivity contribution in [1.82, 2.24) is 25.2 Å². The maximum atomic E-state index is 13.9. The molecule has 5 rings (SSSR count). The summed E-state index contributed by atoms with van der Waals surface area (Å²) in [7, 11) is 0. The number of aryl methyl sites for hydroxylation is 1. The summed E-state index contributed by atoms with van der Waals surface area (Å²) in [5, 5.41) is 13.2. The minimum absolute atomic E-state index is 0.0307. The molecule has 8 nitrogen and oxygen atoms in total. The van der Waals surface area contributed by atoms with Crippen molar-refractivity contribution in [2.75, 3.05) is 13.2 Å². The highest BCUT2D eigenvalue weighted by Crippen LogP contribution is 2.31. The third kappa shape index (κ3) is 5.70.